The van der Waals surface area contributed by atoms with Gasteiger partial charge in [-0.1, -0.05) is 11.6 Å². The van der Waals surface area contributed by atoms with Crippen LogP contribution >= 0.6 is 11.6 Å². The molecule has 2 nitrogen and oxygen atoms in total. The fourth-order valence-electron chi connectivity index (χ4n) is 0. The standard InChI is InChI=1S/C2HClFO2/c3-1(4)2(5)6/h(H,5,6). The van der Waals surface area contributed by atoms with E-state index in [0.717, 1.165) is 0 Å². The maximum absolute atomic E-state index is 10.9. The molecule has 0 atom stereocenters. The second kappa shape index (κ2) is 1.97. The van der Waals surface area contributed by atoms with Gasteiger partial charge in [-0.05, 0) is 0 Å². The van der Waals surface area contributed by atoms with Crippen molar-refractivity contribution < 1.29 is 14.3 Å². The van der Waals surface area contributed by atoms with E-state index in [1.165, 1.54) is 0 Å². The largest absolute Gasteiger partial charge is 0.478 e. The average Bonchev–Trinajstić information content (AvgIpc) is 1.36. The number of aliphatic carboxylic acids is 1. The van der Waals surface area contributed by atoms with Gasteiger partial charge in [0.15, 0.2) is 0 Å². The quantitative estimate of drug-likeness (QED) is 0.543. The van der Waals surface area contributed by atoms with Crippen LogP contribution in [0.5, 0.6) is 0 Å². The fraction of sp³-hybridized carbons (Fsp3) is 0. The van der Waals surface area contributed by atoms with E-state index in [1.54, 1.807) is 0 Å². The first-order chi connectivity index (χ1) is 2.64. The van der Waals surface area contributed by atoms with Crippen molar-refractivity contribution in [1.29, 1.82) is 0 Å². The molecule has 0 fully saturated rings. The van der Waals surface area contributed by atoms with Crippen LogP contribution in [0.2, 0.25) is 0 Å². The van der Waals surface area contributed by atoms with E-state index in [2.05, 4.69) is 11.6 Å². The Hall–Kier alpha value is -0.310. The second-order valence-corrected chi connectivity index (χ2v) is 0.897. The highest BCUT2D eigenvalue weighted by Crippen LogP contribution is 2.04. The Kier molecular flexibility index (Phi) is 1.87. The Morgan fingerprint density at radius 3 is 2.00 bits per heavy atom. The number of hydrogen-bond donors (Lipinski definition) is 1. The number of carbonyl (C=O) groups is 1. The summed E-state index contributed by atoms with van der Waals surface area (Å²) in [6, 6.07) is 0. The molecular weight excluding hydrogens is 110 g/mol. The first-order valence-electron chi connectivity index (χ1n) is 1.06. The minimum absolute atomic E-state index is 1.60. The van der Waals surface area contributed by atoms with Crippen LogP contribution in [0.4, 0.5) is 4.39 Å². The average molecular weight is 111 g/mol. The van der Waals surface area contributed by atoms with Crippen molar-refractivity contribution in [3.8, 4) is 0 Å². The van der Waals surface area contributed by atoms with E-state index in [9.17, 15) is 4.39 Å². The van der Waals surface area contributed by atoms with Crippen LogP contribution in [0.3, 0.4) is 0 Å². The van der Waals surface area contributed by atoms with Crippen LogP contribution in [0.15, 0.2) is 0 Å². The Balaban J connectivity index is 3.26. The molecule has 0 amide bonds. The molecule has 1 N–H and O–H groups in total. The lowest BCUT2D eigenvalue weighted by molar-refractivity contribution is -0.135. The Labute approximate surface area is 38.5 Å². The molecular formula is C2HClFO2. The predicted molar refractivity (Wildman–Crippen MR) is 17.8 cm³/mol. The van der Waals surface area contributed by atoms with Gasteiger partial charge in [-0.15, -0.1) is 0 Å². The van der Waals surface area contributed by atoms with Gasteiger partial charge in [-0.3, -0.25) is 0 Å². The van der Waals surface area contributed by atoms with Crippen molar-refractivity contribution in [2.45, 2.75) is 0 Å². The van der Waals surface area contributed by atoms with Gasteiger partial charge in [0.2, 0.25) is 0 Å². The molecule has 0 saturated heterocycles. The van der Waals surface area contributed by atoms with Gasteiger partial charge in [-0.2, -0.15) is 0 Å². The summed E-state index contributed by atoms with van der Waals surface area (Å²) < 4.78 is 10.9. The van der Waals surface area contributed by atoms with Gasteiger partial charge in [-0.25, -0.2) is 9.18 Å². The second-order valence-electron chi connectivity index (χ2n) is 0.566. The Morgan fingerprint density at radius 1 is 1.83 bits per heavy atom. The molecule has 0 bridgehead atoms. The summed E-state index contributed by atoms with van der Waals surface area (Å²) in [6.07, 6.45) is 0. The van der Waals surface area contributed by atoms with Crippen molar-refractivity contribution in [2.75, 3.05) is 0 Å². The molecule has 0 aromatic heterocycles. The van der Waals surface area contributed by atoms with E-state index in [4.69, 9.17) is 9.90 Å². The molecule has 0 rings (SSSR count). The van der Waals surface area contributed by atoms with Crippen LogP contribution in [0.1, 0.15) is 0 Å². The van der Waals surface area contributed by atoms with Crippen LogP contribution in [0, 0.1) is 5.63 Å². The predicted octanol–water partition coefficient (Wildman–Crippen LogP) is 0.769. The number of rotatable bonds is 1. The van der Waals surface area contributed by atoms with Gasteiger partial charge < -0.3 is 5.11 Å². The van der Waals surface area contributed by atoms with Gasteiger partial charge in [0, 0.05) is 0 Å². The lowest BCUT2D eigenvalue weighted by Gasteiger charge is -1.80. The minimum atomic E-state index is -1.73. The first-order valence-corrected chi connectivity index (χ1v) is 1.43. The summed E-state index contributed by atoms with van der Waals surface area (Å²) in [6.45, 7) is 0. The lowest BCUT2D eigenvalue weighted by Crippen LogP contribution is -1.96. The van der Waals surface area contributed by atoms with Crippen LogP contribution in [-0.2, 0) is 4.79 Å². The van der Waals surface area contributed by atoms with E-state index in [1.807, 2.05) is 0 Å². The van der Waals surface area contributed by atoms with Gasteiger partial charge in [0.05, 0.1) is 0 Å². The highest BCUT2D eigenvalue weighted by Gasteiger charge is 2.11. The zero-order valence-electron chi connectivity index (χ0n) is 2.61. The van der Waals surface area contributed by atoms with E-state index in [0.29, 0.717) is 0 Å². The number of carboxylic acids is 1. The first kappa shape index (κ1) is 5.69. The van der Waals surface area contributed by atoms with E-state index < -0.39 is 11.6 Å². The molecule has 0 aromatic carbocycles. The Morgan fingerprint density at radius 2 is 2.00 bits per heavy atom. The molecule has 0 aromatic rings. The molecule has 0 aliphatic heterocycles. The number of hydrogen-bond acceptors (Lipinski definition) is 1. The highest BCUT2D eigenvalue weighted by molar-refractivity contribution is 6.35. The van der Waals surface area contributed by atoms with Gasteiger partial charge >= 0.3 is 11.6 Å². The third-order valence-corrected chi connectivity index (χ3v) is 0.323. The van der Waals surface area contributed by atoms with E-state index >= 15 is 0 Å². The molecule has 0 spiro atoms. The molecule has 0 aliphatic carbocycles. The summed E-state index contributed by atoms with van der Waals surface area (Å²) in [5, 5.41) is 7.45. The zero-order chi connectivity index (χ0) is 5.15. The monoisotopic (exact) mass is 111 g/mol. The third-order valence-electron chi connectivity index (χ3n) is 0.162. The molecule has 4 heteroatoms. The number of carboxylic acid groups (broad SMARTS) is 1. The van der Waals surface area contributed by atoms with Crippen LogP contribution < -0.4 is 0 Å². The summed E-state index contributed by atoms with van der Waals surface area (Å²) in [5.74, 6) is -1.73. The van der Waals surface area contributed by atoms with Crippen molar-refractivity contribution >= 4 is 17.6 Å². The molecule has 0 saturated carbocycles. The molecule has 35 valence electrons. The molecule has 6 heavy (non-hydrogen) atoms. The summed E-state index contributed by atoms with van der Waals surface area (Å²) >= 11 is 4.26. The fourth-order valence-corrected chi connectivity index (χ4v) is 0. The van der Waals surface area contributed by atoms with Crippen LogP contribution in [0.25, 0.3) is 0 Å². The molecule has 0 heterocycles. The minimum Gasteiger partial charge on any atom is -0.478 e. The van der Waals surface area contributed by atoms with Gasteiger partial charge in [0.25, 0.3) is 0 Å². The zero-order valence-corrected chi connectivity index (χ0v) is 3.37. The summed E-state index contributed by atoms with van der Waals surface area (Å²) in [5.41, 5.74) is -1.60. The summed E-state index contributed by atoms with van der Waals surface area (Å²) in [7, 11) is 0. The molecule has 0 aliphatic rings. The lowest BCUT2D eigenvalue weighted by atomic mass is 10.8. The third kappa shape index (κ3) is 1.96. The summed E-state index contributed by atoms with van der Waals surface area (Å²) in [4.78, 5) is 9.16. The highest BCUT2D eigenvalue weighted by atomic mass is 35.5. The molecule has 0 unspecified atom stereocenters. The van der Waals surface area contributed by atoms with Crippen molar-refractivity contribution in [3.63, 3.8) is 0 Å². The smallest absolute Gasteiger partial charge is 0.362 e. The Bertz CT molecular complexity index is 62.6. The van der Waals surface area contributed by atoms with Crippen molar-refractivity contribution in [3.05, 3.63) is 5.63 Å². The van der Waals surface area contributed by atoms with Crippen LogP contribution in [-0.4, -0.2) is 11.1 Å². The SMILES string of the molecule is O=C(O)[C](F)Cl. The maximum atomic E-state index is 10.9. The normalized spacial score (nSPS) is 9.17. The van der Waals surface area contributed by atoms with Crippen molar-refractivity contribution in [2.24, 2.45) is 0 Å². The van der Waals surface area contributed by atoms with E-state index in [-0.39, 0.29) is 0 Å². The topological polar surface area (TPSA) is 37.3 Å². The molecule has 1 radical (unpaired) electrons. The van der Waals surface area contributed by atoms with Crippen molar-refractivity contribution in [1.82, 2.24) is 0 Å². The maximum Gasteiger partial charge on any atom is 0.362 e. The number of halogens is 2. The van der Waals surface area contributed by atoms with Gasteiger partial charge in [0.1, 0.15) is 0 Å².